The van der Waals surface area contributed by atoms with Gasteiger partial charge in [-0.15, -0.1) is 0 Å². The van der Waals surface area contributed by atoms with Crippen molar-refractivity contribution < 1.29 is 35.7 Å². The summed E-state index contributed by atoms with van der Waals surface area (Å²) in [5.41, 5.74) is 1.42. The van der Waals surface area contributed by atoms with Gasteiger partial charge < -0.3 is 14.6 Å². The Labute approximate surface area is 239 Å². The van der Waals surface area contributed by atoms with Gasteiger partial charge in [0.2, 0.25) is 0 Å². The highest BCUT2D eigenvalue weighted by atomic mass is 35.5. The molecular weight excluding hydrogens is 594 g/mol. The fourth-order valence-corrected chi connectivity index (χ4v) is 5.94. The number of benzene rings is 2. The Bertz CT molecular complexity index is 1490. The maximum atomic E-state index is 13.3. The van der Waals surface area contributed by atoms with Gasteiger partial charge in [0.25, 0.3) is 5.91 Å². The average Bonchev–Trinajstić information content (AvgIpc) is 3.21. The quantitative estimate of drug-likeness (QED) is 0.306. The first kappa shape index (κ1) is 30.2. The molecule has 1 saturated carbocycles. The van der Waals surface area contributed by atoms with Crippen LogP contribution >= 0.6 is 23.2 Å². The summed E-state index contributed by atoms with van der Waals surface area (Å²) in [4.78, 5) is 17.8. The molecule has 1 aliphatic carbocycles. The topological polar surface area (TPSA) is 111 Å². The predicted octanol–water partition coefficient (Wildman–Crippen LogP) is 5.85. The standard InChI is InChI=1S/C26H26Cl2F3N3O5S/c1-15-23(25(36)32-21-4-2-3-5-22(21)35)33-24(19-11-6-16(27)14-20(19)28)34(15)17-7-9-18(10-8-17)39-40(37,38)13-12-26(29,30)31/h6-11,14,21-22,35H,2-5,12-13H2,1H3,(H,32,36)/t21-,22+/m0/s1. The zero-order chi connectivity index (χ0) is 29.2. The molecule has 14 heteroatoms. The van der Waals surface area contributed by atoms with Gasteiger partial charge in [-0.25, -0.2) is 4.98 Å². The lowest BCUT2D eigenvalue weighted by atomic mass is 9.92. The number of aromatic nitrogens is 2. The first-order valence-electron chi connectivity index (χ1n) is 12.4. The summed E-state index contributed by atoms with van der Waals surface area (Å²) in [5, 5.41) is 13.8. The number of imidazole rings is 1. The molecule has 0 bridgehead atoms. The Hall–Kier alpha value is -2.80. The molecule has 1 heterocycles. The zero-order valence-electron chi connectivity index (χ0n) is 21.2. The molecule has 0 aliphatic heterocycles. The van der Waals surface area contributed by atoms with Gasteiger partial charge in [0, 0.05) is 16.3 Å². The second kappa shape index (κ2) is 12.0. The number of amides is 1. The van der Waals surface area contributed by atoms with Gasteiger partial charge in [0.15, 0.2) is 0 Å². The SMILES string of the molecule is Cc1c(C(=O)N[C@H]2CCCC[C@H]2O)nc(-c2ccc(Cl)cc2Cl)n1-c1ccc(OS(=O)(=O)CCC(F)(F)F)cc1. The van der Waals surface area contributed by atoms with Crippen LogP contribution in [0.1, 0.15) is 48.3 Å². The maximum absolute atomic E-state index is 13.3. The van der Waals surface area contributed by atoms with Gasteiger partial charge in [-0.2, -0.15) is 21.6 Å². The summed E-state index contributed by atoms with van der Waals surface area (Å²) in [7, 11) is -4.48. The monoisotopic (exact) mass is 619 g/mol. The lowest BCUT2D eigenvalue weighted by Gasteiger charge is -2.28. The number of carbonyl (C=O) groups is 1. The molecule has 4 rings (SSSR count). The average molecular weight is 620 g/mol. The summed E-state index contributed by atoms with van der Waals surface area (Å²) in [5.74, 6) is -1.59. The number of aliphatic hydroxyl groups is 1. The highest BCUT2D eigenvalue weighted by Crippen LogP contribution is 2.34. The summed E-state index contributed by atoms with van der Waals surface area (Å²) < 4.78 is 67.8. The Balaban J connectivity index is 1.69. The van der Waals surface area contributed by atoms with Crippen LogP contribution in [0, 0.1) is 6.92 Å². The molecule has 1 aromatic heterocycles. The number of nitrogens with zero attached hydrogens (tertiary/aromatic N) is 2. The van der Waals surface area contributed by atoms with E-state index in [9.17, 15) is 31.5 Å². The minimum atomic E-state index is -4.64. The Morgan fingerprint density at radius 3 is 2.45 bits per heavy atom. The van der Waals surface area contributed by atoms with Gasteiger partial charge in [0.1, 0.15) is 17.3 Å². The van der Waals surface area contributed by atoms with Gasteiger partial charge in [0.05, 0.1) is 35.0 Å². The third-order valence-electron chi connectivity index (χ3n) is 6.49. The van der Waals surface area contributed by atoms with E-state index in [4.69, 9.17) is 27.4 Å². The van der Waals surface area contributed by atoms with Crippen LogP contribution in [-0.4, -0.2) is 53.1 Å². The van der Waals surface area contributed by atoms with Crippen molar-refractivity contribution in [2.24, 2.45) is 0 Å². The van der Waals surface area contributed by atoms with E-state index < -0.39 is 46.5 Å². The number of hydrogen-bond acceptors (Lipinski definition) is 6. The molecule has 2 N–H and O–H groups in total. The molecular formula is C26H26Cl2F3N3O5S. The lowest BCUT2D eigenvalue weighted by Crippen LogP contribution is -2.45. The molecule has 0 radical (unpaired) electrons. The number of alkyl halides is 3. The fourth-order valence-electron chi connectivity index (χ4n) is 4.48. The van der Waals surface area contributed by atoms with E-state index in [0.717, 1.165) is 12.8 Å². The van der Waals surface area contributed by atoms with Crippen LogP contribution in [0.15, 0.2) is 42.5 Å². The van der Waals surface area contributed by atoms with Gasteiger partial charge in [-0.05, 0) is 62.2 Å². The molecule has 3 aromatic rings. The van der Waals surface area contributed by atoms with Crippen LogP contribution in [0.5, 0.6) is 5.75 Å². The van der Waals surface area contributed by atoms with Crippen LogP contribution in [0.4, 0.5) is 13.2 Å². The van der Waals surface area contributed by atoms with Crippen LogP contribution in [0.25, 0.3) is 17.1 Å². The number of aliphatic hydroxyl groups excluding tert-OH is 1. The second-order valence-electron chi connectivity index (χ2n) is 9.46. The molecule has 2 atom stereocenters. The highest BCUT2D eigenvalue weighted by Gasteiger charge is 2.31. The molecule has 0 unspecified atom stereocenters. The molecule has 0 spiro atoms. The van der Waals surface area contributed by atoms with E-state index >= 15 is 0 Å². The molecule has 0 saturated heterocycles. The van der Waals surface area contributed by atoms with Crippen molar-refractivity contribution >= 4 is 39.2 Å². The Morgan fingerprint density at radius 1 is 1.15 bits per heavy atom. The van der Waals surface area contributed by atoms with Crippen molar-refractivity contribution in [3.63, 3.8) is 0 Å². The fraction of sp³-hybridized carbons (Fsp3) is 0.385. The molecule has 8 nitrogen and oxygen atoms in total. The Morgan fingerprint density at radius 2 is 1.82 bits per heavy atom. The minimum Gasteiger partial charge on any atom is -0.391 e. The summed E-state index contributed by atoms with van der Waals surface area (Å²) in [6.45, 7) is 1.67. The van der Waals surface area contributed by atoms with Gasteiger partial charge in [-0.3, -0.25) is 9.36 Å². The summed E-state index contributed by atoms with van der Waals surface area (Å²) >= 11 is 12.5. The molecule has 216 valence electrons. The van der Waals surface area contributed by atoms with Crippen LogP contribution in [0.3, 0.4) is 0 Å². The number of carbonyl (C=O) groups excluding carboxylic acids is 1. The van der Waals surface area contributed by atoms with E-state index in [2.05, 4.69) is 10.3 Å². The van der Waals surface area contributed by atoms with Crippen molar-refractivity contribution in [2.45, 2.75) is 57.3 Å². The van der Waals surface area contributed by atoms with Crippen molar-refractivity contribution in [3.8, 4) is 22.8 Å². The second-order valence-corrected chi connectivity index (χ2v) is 12.0. The van der Waals surface area contributed by atoms with Crippen LogP contribution in [0.2, 0.25) is 10.0 Å². The number of nitrogens with one attached hydrogen (secondary N) is 1. The summed E-state index contributed by atoms with van der Waals surface area (Å²) in [6.07, 6.45) is -3.86. The van der Waals surface area contributed by atoms with E-state index in [1.54, 1.807) is 23.6 Å². The largest absolute Gasteiger partial charge is 0.391 e. The van der Waals surface area contributed by atoms with E-state index in [1.807, 2.05) is 0 Å². The lowest BCUT2D eigenvalue weighted by molar-refractivity contribution is -0.130. The van der Waals surface area contributed by atoms with Crippen molar-refractivity contribution in [1.29, 1.82) is 0 Å². The molecule has 2 aromatic carbocycles. The number of halogens is 5. The van der Waals surface area contributed by atoms with Crippen LogP contribution in [-0.2, 0) is 10.1 Å². The van der Waals surface area contributed by atoms with Crippen molar-refractivity contribution in [2.75, 3.05) is 5.75 Å². The molecule has 40 heavy (non-hydrogen) atoms. The maximum Gasteiger partial charge on any atom is 0.390 e. The van der Waals surface area contributed by atoms with Crippen molar-refractivity contribution in [3.05, 3.63) is 63.9 Å². The summed E-state index contributed by atoms with van der Waals surface area (Å²) in [6, 6.07) is 9.87. The molecule has 1 aliphatic rings. The van der Waals surface area contributed by atoms with Gasteiger partial charge >= 0.3 is 16.3 Å². The van der Waals surface area contributed by atoms with Crippen molar-refractivity contribution in [1.82, 2.24) is 14.9 Å². The molecule has 1 amide bonds. The smallest absolute Gasteiger partial charge is 0.390 e. The molecule has 1 fully saturated rings. The highest BCUT2D eigenvalue weighted by molar-refractivity contribution is 7.87. The minimum absolute atomic E-state index is 0.0915. The van der Waals surface area contributed by atoms with Gasteiger partial charge in [-0.1, -0.05) is 36.0 Å². The number of rotatable bonds is 8. The normalized spacial score (nSPS) is 18.0. The Kier molecular flexibility index (Phi) is 9.03. The third kappa shape index (κ3) is 7.28. The number of hydrogen-bond donors (Lipinski definition) is 2. The zero-order valence-corrected chi connectivity index (χ0v) is 23.5. The predicted molar refractivity (Wildman–Crippen MR) is 145 cm³/mol. The first-order chi connectivity index (χ1) is 18.7. The van der Waals surface area contributed by atoms with Crippen LogP contribution < -0.4 is 9.50 Å². The van der Waals surface area contributed by atoms with E-state index in [-0.39, 0.29) is 16.5 Å². The third-order valence-corrected chi connectivity index (χ3v) is 8.19. The van der Waals surface area contributed by atoms with E-state index in [1.165, 1.54) is 30.3 Å². The van der Waals surface area contributed by atoms with E-state index in [0.29, 0.717) is 40.6 Å². The first-order valence-corrected chi connectivity index (χ1v) is 14.7.